The lowest BCUT2D eigenvalue weighted by Gasteiger charge is -2.11. The minimum atomic E-state index is -0.588. The zero-order valence-corrected chi connectivity index (χ0v) is 14.1. The predicted molar refractivity (Wildman–Crippen MR) is 92.2 cm³/mol. The fourth-order valence-corrected chi connectivity index (χ4v) is 2.12. The molecule has 1 N–H and O–H groups in total. The third-order valence-electron chi connectivity index (χ3n) is 3.57. The summed E-state index contributed by atoms with van der Waals surface area (Å²) in [5.74, 6) is -0.341. The van der Waals surface area contributed by atoms with E-state index in [1.54, 1.807) is 12.1 Å². The van der Waals surface area contributed by atoms with E-state index >= 15 is 0 Å². The highest BCUT2D eigenvalue weighted by molar-refractivity contribution is 5.92. The predicted octanol–water partition coefficient (Wildman–Crippen LogP) is 3.17. The average molecular weight is 327 g/mol. The van der Waals surface area contributed by atoms with Gasteiger partial charge in [0, 0.05) is 5.69 Å². The normalized spacial score (nSPS) is 10.1. The van der Waals surface area contributed by atoms with Crippen molar-refractivity contribution in [1.82, 2.24) is 0 Å². The third-order valence-corrected chi connectivity index (χ3v) is 3.57. The summed E-state index contributed by atoms with van der Waals surface area (Å²) >= 11 is 0. The van der Waals surface area contributed by atoms with Crippen LogP contribution in [0.5, 0.6) is 5.75 Å². The van der Waals surface area contributed by atoms with Crippen LogP contribution in [0.25, 0.3) is 0 Å². The van der Waals surface area contributed by atoms with E-state index in [1.807, 2.05) is 51.1 Å². The Morgan fingerprint density at radius 3 is 2.50 bits per heavy atom. The van der Waals surface area contributed by atoms with Gasteiger partial charge in [-0.1, -0.05) is 24.3 Å². The highest BCUT2D eigenvalue weighted by Crippen LogP contribution is 2.20. The minimum absolute atomic E-state index is 0.234. The lowest BCUT2D eigenvalue weighted by Crippen LogP contribution is -2.23. The zero-order valence-electron chi connectivity index (χ0n) is 14.1. The molecule has 2 aromatic rings. The summed E-state index contributed by atoms with van der Waals surface area (Å²) in [6.07, 6.45) is 0. The van der Waals surface area contributed by atoms with Gasteiger partial charge in [-0.05, 0) is 55.7 Å². The van der Waals surface area contributed by atoms with Gasteiger partial charge in [0.1, 0.15) is 5.75 Å². The number of ether oxygens (including phenoxy) is 2. The zero-order chi connectivity index (χ0) is 17.5. The number of benzene rings is 2. The van der Waals surface area contributed by atoms with E-state index in [4.69, 9.17) is 9.47 Å². The largest absolute Gasteiger partial charge is 0.482 e. The van der Waals surface area contributed by atoms with E-state index in [-0.39, 0.29) is 19.1 Å². The Bertz CT molecular complexity index is 740. The Kier molecular flexibility index (Phi) is 5.95. The van der Waals surface area contributed by atoms with Crippen LogP contribution >= 0.6 is 0 Å². The van der Waals surface area contributed by atoms with Gasteiger partial charge in [0.2, 0.25) is 0 Å². The molecule has 0 spiro atoms. The summed E-state index contributed by atoms with van der Waals surface area (Å²) in [7, 11) is 0. The van der Waals surface area contributed by atoms with Gasteiger partial charge in [-0.2, -0.15) is 0 Å². The monoisotopic (exact) mass is 327 g/mol. The first-order valence-corrected chi connectivity index (χ1v) is 7.67. The SMILES string of the molecule is Cc1cccc(NC(=O)COC(=O)COc2cccc(C)c2C)c1. The molecule has 0 unspecified atom stereocenters. The molecule has 24 heavy (non-hydrogen) atoms. The van der Waals surface area contributed by atoms with Crippen LogP contribution in [0, 0.1) is 20.8 Å². The minimum Gasteiger partial charge on any atom is -0.482 e. The van der Waals surface area contributed by atoms with Crippen molar-refractivity contribution in [2.45, 2.75) is 20.8 Å². The van der Waals surface area contributed by atoms with Crippen LogP contribution in [0.3, 0.4) is 0 Å². The molecule has 0 heterocycles. The van der Waals surface area contributed by atoms with Crippen LogP contribution in [0.4, 0.5) is 5.69 Å². The number of esters is 1. The molecule has 5 nitrogen and oxygen atoms in total. The first-order chi connectivity index (χ1) is 11.5. The van der Waals surface area contributed by atoms with Crippen LogP contribution in [0.1, 0.15) is 16.7 Å². The number of carbonyl (C=O) groups excluding carboxylic acids is 2. The molecular weight excluding hydrogens is 306 g/mol. The van der Waals surface area contributed by atoms with E-state index in [0.717, 1.165) is 16.7 Å². The molecule has 0 saturated carbocycles. The Morgan fingerprint density at radius 2 is 1.75 bits per heavy atom. The van der Waals surface area contributed by atoms with Crippen molar-refractivity contribution in [3.8, 4) is 5.75 Å². The second kappa shape index (κ2) is 8.15. The molecule has 2 aromatic carbocycles. The van der Waals surface area contributed by atoms with Gasteiger partial charge in [0.15, 0.2) is 13.2 Å². The molecule has 0 aliphatic rings. The van der Waals surface area contributed by atoms with Crippen LogP contribution in [0.15, 0.2) is 42.5 Å². The molecule has 0 fully saturated rings. The number of rotatable bonds is 6. The molecule has 0 radical (unpaired) electrons. The van der Waals surface area contributed by atoms with Crippen molar-refractivity contribution in [3.05, 3.63) is 59.2 Å². The molecule has 0 aliphatic heterocycles. The van der Waals surface area contributed by atoms with Gasteiger partial charge in [-0.25, -0.2) is 4.79 Å². The molecule has 0 aliphatic carbocycles. The number of carbonyl (C=O) groups is 2. The Hall–Kier alpha value is -2.82. The molecule has 126 valence electrons. The molecule has 0 atom stereocenters. The number of nitrogens with one attached hydrogen (secondary N) is 1. The van der Waals surface area contributed by atoms with Crippen molar-refractivity contribution < 1.29 is 19.1 Å². The van der Waals surface area contributed by atoms with Crippen LogP contribution in [-0.4, -0.2) is 25.1 Å². The quantitative estimate of drug-likeness (QED) is 0.828. The highest BCUT2D eigenvalue weighted by atomic mass is 16.6. The van der Waals surface area contributed by atoms with Gasteiger partial charge in [0.25, 0.3) is 5.91 Å². The van der Waals surface area contributed by atoms with Gasteiger partial charge in [-0.15, -0.1) is 0 Å². The molecule has 1 amide bonds. The maximum absolute atomic E-state index is 11.8. The van der Waals surface area contributed by atoms with Gasteiger partial charge < -0.3 is 14.8 Å². The average Bonchev–Trinajstić information content (AvgIpc) is 2.54. The molecule has 0 saturated heterocycles. The summed E-state index contributed by atoms with van der Waals surface area (Å²) in [4.78, 5) is 23.5. The standard InChI is InChI=1S/C19H21NO4/c1-13-6-4-8-16(10-13)20-18(21)11-24-19(22)12-23-17-9-5-7-14(2)15(17)3/h4-10H,11-12H2,1-3H3,(H,20,21). The Labute approximate surface area is 141 Å². The first kappa shape index (κ1) is 17.5. The van der Waals surface area contributed by atoms with Crippen molar-refractivity contribution in [1.29, 1.82) is 0 Å². The fraction of sp³-hybridized carbons (Fsp3) is 0.263. The maximum Gasteiger partial charge on any atom is 0.344 e. The van der Waals surface area contributed by atoms with Crippen molar-refractivity contribution in [2.75, 3.05) is 18.5 Å². The second-order valence-electron chi connectivity index (χ2n) is 5.57. The highest BCUT2D eigenvalue weighted by Gasteiger charge is 2.10. The smallest absolute Gasteiger partial charge is 0.344 e. The number of hydrogen-bond donors (Lipinski definition) is 1. The first-order valence-electron chi connectivity index (χ1n) is 7.67. The van der Waals surface area contributed by atoms with E-state index < -0.39 is 5.97 Å². The number of anilines is 1. The molecule has 0 bridgehead atoms. The summed E-state index contributed by atoms with van der Waals surface area (Å²) < 4.78 is 10.4. The van der Waals surface area contributed by atoms with E-state index in [0.29, 0.717) is 11.4 Å². The summed E-state index contributed by atoms with van der Waals surface area (Å²) in [6.45, 7) is 5.24. The van der Waals surface area contributed by atoms with E-state index in [2.05, 4.69) is 5.32 Å². The Morgan fingerprint density at radius 1 is 1.00 bits per heavy atom. The number of amides is 1. The summed E-state index contributed by atoms with van der Waals surface area (Å²) in [5.41, 5.74) is 3.76. The summed E-state index contributed by atoms with van der Waals surface area (Å²) in [6, 6.07) is 13.0. The van der Waals surface area contributed by atoms with Gasteiger partial charge in [-0.3, -0.25) is 4.79 Å². The maximum atomic E-state index is 11.8. The molecule has 5 heteroatoms. The van der Waals surface area contributed by atoms with Crippen LogP contribution < -0.4 is 10.1 Å². The van der Waals surface area contributed by atoms with Crippen molar-refractivity contribution in [3.63, 3.8) is 0 Å². The van der Waals surface area contributed by atoms with Crippen LogP contribution in [-0.2, 0) is 14.3 Å². The molecule has 0 aromatic heterocycles. The Balaban J connectivity index is 1.76. The van der Waals surface area contributed by atoms with Crippen molar-refractivity contribution in [2.24, 2.45) is 0 Å². The van der Waals surface area contributed by atoms with Crippen molar-refractivity contribution >= 4 is 17.6 Å². The lowest BCUT2D eigenvalue weighted by atomic mass is 10.1. The fourth-order valence-electron chi connectivity index (χ4n) is 2.12. The van der Waals surface area contributed by atoms with Gasteiger partial charge >= 0.3 is 5.97 Å². The third kappa shape index (κ3) is 5.12. The molecular formula is C19H21NO4. The van der Waals surface area contributed by atoms with E-state index in [9.17, 15) is 9.59 Å². The topological polar surface area (TPSA) is 64.6 Å². The second-order valence-corrected chi connectivity index (χ2v) is 5.57. The number of aryl methyl sites for hydroxylation is 2. The summed E-state index contributed by atoms with van der Waals surface area (Å²) in [5, 5.41) is 2.67. The molecule has 2 rings (SSSR count). The number of hydrogen-bond acceptors (Lipinski definition) is 4. The van der Waals surface area contributed by atoms with E-state index in [1.165, 1.54) is 0 Å². The lowest BCUT2D eigenvalue weighted by molar-refractivity contribution is -0.149. The van der Waals surface area contributed by atoms with Crippen LogP contribution in [0.2, 0.25) is 0 Å². The van der Waals surface area contributed by atoms with Gasteiger partial charge in [0.05, 0.1) is 0 Å².